The second-order valence-corrected chi connectivity index (χ2v) is 8.12. The molecule has 8 heteroatoms. The fourth-order valence-electron chi connectivity index (χ4n) is 3.33. The Bertz CT molecular complexity index is 801. The van der Waals surface area contributed by atoms with Crippen molar-refractivity contribution in [2.45, 2.75) is 39.3 Å². The van der Waals surface area contributed by atoms with E-state index in [9.17, 15) is 0 Å². The molecule has 1 aliphatic heterocycles. The lowest BCUT2D eigenvalue weighted by atomic mass is 10.2. The Hall–Kier alpha value is -2.48. The summed E-state index contributed by atoms with van der Waals surface area (Å²) in [5, 5.41) is 7.98. The Kier molecular flexibility index (Phi) is 7.57. The molecule has 2 aromatic rings. The predicted octanol–water partition coefficient (Wildman–Crippen LogP) is 3.06. The minimum absolute atomic E-state index is 0.326. The summed E-state index contributed by atoms with van der Waals surface area (Å²) in [6.45, 7) is 7.53. The first-order valence-corrected chi connectivity index (χ1v) is 10.9. The molecule has 1 saturated heterocycles. The summed E-state index contributed by atoms with van der Waals surface area (Å²) in [6.07, 6.45) is 4.01. The number of anilines is 1. The molecule has 2 N–H and O–H groups in total. The number of benzene rings is 1. The summed E-state index contributed by atoms with van der Waals surface area (Å²) in [6, 6.07) is 6.33. The van der Waals surface area contributed by atoms with Crippen molar-refractivity contribution in [1.82, 2.24) is 15.6 Å². The molecule has 1 aromatic heterocycles. The monoisotopic (exact) mass is 417 g/mol. The van der Waals surface area contributed by atoms with Crippen LogP contribution in [0.15, 0.2) is 29.4 Å². The van der Waals surface area contributed by atoms with E-state index in [1.165, 1.54) is 4.88 Å². The number of hydrogen-bond donors (Lipinski definition) is 2. The number of methoxy groups -OCH3 is 2. The van der Waals surface area contributed by atoms with Crippen LogP contribution in [-0.4, -0.2) is 50.8 Å². The van der Waals surface area contributed by atoms with E-state index < -0.39 is 0 Å². The molecule has 7 nitrogen and oxygen atoms in total. The molecule has 1 aromatic carbocycles. The molecule has 0 saturated carbocycles. The molecule has 1 fully saturated rings. The summed E-state index contributed by atoms with van der Waals surface area (Å²) >= 11 is 1.73. The third-order valence-corrected chi connectivity index (χ3v) is 6.02. The van der Waals surface area contributed by atoms with Gasteiger partial charge >= 0.3 is 0 Å². The van der Waals surface area contributed by atoms with Gasteiger partial charge in [-0.1, -0.05) is 6.92 Å². The van der Waals surface area contributed by atoms with E-state index in [1.807, 2.05) is 12.3 Å². The highest BCUT2D eigenvalue weighted by molar-refractivity contribution is 7.11. The zero-order valence-electron chi connectivity index (χ0n) is 17.7. The number of ether oxygens (including phenoxy) is 2. The van der Waals surface area contributed by atoms with E-state index >= 15 is 0 Å². The summed E-state index contributed by atoms with van der Waals surface area (Å²) in [5.74, 6) is 2.46. The van der Waals surface area contributed by atoms with E-state index in [0.717, 1.165) is 60.6 Å². The number of aromatic nitrogens is 1. The van der Waals surface area contributed by atoms with Crippen LogP contribution in [0.25, 0.3) is 0 Å². The van der Waals surface area contributed by atoms with Crippen molar-refractivity contribution < 1.29 is 9.47 Å². The van der Waals surface area contributed by atoms with Crippen molar-refractivity contribution in [3.8, 4) is 11.5 Å². The van der Waals surface area contributed by atoms with Gasteiger partial charge in [0.15, 0.2) is 5.96 Å². The van der Waals surface area contributed by atoms with Crippen LogP contribution in [-0.2, 0) is 13.0 Å². The zero-order chi connectivity index (χ0) is 20.6. The van der Waals surface area contributed by atoms with Gasteiger partial charge in [-0.25, -0.2) is 9.98 Å². The quantitative estimate of drug-likeness (QED) is 0.508. The lowest BCUT2D eigenvalue weighted by Crippen LogP contribution is -2.44. The summed E-state index contributed by atoms with van der Waals surface area (Å²) in [4.78, 5) is 12.8. The van der Waals surface area contributed by atoms with Crippen LogP contribution in [0, 0.1) is 0 Å². The minimum atomic E-state index is 0.326. The average molecular weight is 418 g/mol. The van der Waals surface area contributed by atoms with E-state index in [1.54, 1.807) is 25.6 Å². The van der Waals surface area contributed by atoms with Gasteiger partial charge in [0.1, 0.15) is 16.5 Å². The molecule has 2 heterocycles. The Balaban J connectivity index is 1.62. The van der Waals surface area contributed by atoms with Gasteiger partial charge in [-0.05, 0) is 19.8 Å². The first-order valence-electron chi connectivity index (χ1n) is 10.1. The van der Waals surface area contributed by atoms with Crippen molar-refractivity contribution in [2.24, 2.45) is 4.99 Å². The molecule has 0 spiro atoms. The maximum atomic E-state index is 5.41. The largest absolute Gasteiger partial charge is 0.497 e. The normalized spacial score (nSPS) is 16.8. The van der Waals surface area contributed by atoms with Crippen LogP contribution >= 0.6 is 11.3 Å². The molecule has 1 atom stereocenters. The van der Waals surface area contributed by atoms with Gasteiger partial charge in [-0.3, -0.25) is 0 Å². The van der Waals surface area contributed by atoms with Crippen LogP contribution in [0.5, 0.6) is 11.5 Å². The molecular formula is C21H31N5O2S. The van der Waals surface area contributed by atoms with Crippen molar-refractivity contribution >= 4 is 23.0 Å². The SMILES string of the molecule is CCNC(=NCc1ncc(CC)s1)NC1CCN(c2cc(OC)cc(OC)c2)C1. The molecule has 0 aliphatic carbocycles. The van der Waals surface area contributed by atoms with Gasteiger partial charge in [-0.2, -0.15) is 0 Å². The van der Waals surface area contributed by atoms with Crippen molar-refractivity contribution in [3.63, 3.8) is 0 Å². The standard InChI is InChI=1S/C21H31N5O2S/c1-5-19-12-23-20(29-19)13-24-21(22-6-2)25-15-7-8-26(14-15)16-9-17(27-3)11-18(10-16)28-4/h9-12,15H,5-8,13-14H2,1-4H3,(H2,22,24,25). The fraction of sp³-hybridized carbons (Fsp3) is 0.524. The molecular weight excluding hydrogens is 386 g/mol. The molecule has 0 amide bonds. The second-order valence-electron chi connectivity index (χ2n) is 6.92. The zero-order valence-corrected chi connectivity index (χ0v) is 18.5. The molecule has 0 bridgehead atoms. The summed E-state index contributed by atoms with van der Waals surface area (Å²) in [7, 11) is 3.36. The Morgan fingerprint density at radius 3 is 2.62 bits per heavy atom. The summed E-state index contributed by atoms with van der Waals surface area (Å²) in [5.41, 5.74) is 1.11. The smallest absolute Gasteiger partial charge is 0.191 e. The summed E-state index contributed by atoms with van der Waals surface area (Å²) < 4.78 is 10.8. The van der Waals surface area contributed by atoms with E-state index in [-0.39, 0.29) is 0 Å². The van der Waals surface area contributed by atoms with Crippen molar-refractivity contribution in [2.75, 3.05) is 38.8 Å². The number of guanidine groups is 1. The van der Waals surface area contributed by atoms with Gasteiger partial charge in [-0.15, -0.1) is 11.3 Å². The lowest BCUT2D eigenvalue weighted by molar-refractivity contribution is 0.394. The number of aliphatic imine (C=N–C) groups is 1. The average Bonchev–Trinajstić information content (AvgIpc) is 3.41. The van der Waals surface area contributed by atoms with Gasteiger partial charge in [0.2, 0.25) is 0 Å². The van der Waals surface area contributed by atoms with E-state index in [2.05, 4.69) is 46.5 Å². The van der Waals surface area contributed by atoms with Gasteiger partial charge in [0.05, 0.1) is 20.8 Å². The van der Waals surface area contributed by atoms with E-state index in [4.69, 9.17) is 14.5 Å². The number of nitrogens with zero attached hydrogens (tertiary/aromatic N) is 3. The van der Waals surface area contributed by atoms with Crippen LogP contribution in [0.4, 0.5) is 5.69 Å². The highest BCUT2D eigenvalue weighted by Gasteiger charge is 2.24. The maximum Gasteiger partial charge on any atom is 0.191 e. The number of rotatable bonds is 8. The maximum absolute atomic E-state index is 5.41. The molecule has 1 aliphatic rings. The van der Waals surface area contributed by atoms with Gasteiger partial charge < -0.3 is 25.0 Å². The van der Waals surface area contributed by atoms with Crippen molar-refractivity contribution in [3.05, 3.63) is 34.3 Å². The molecule has 1 unspecified atom stereocenters. The van der Waals surface area contributed by atoms with Crippen molar-refractivity contribution in [1.29, 1.82) is 0 Å². The topological polar surface area (TPSA) is 71.0 Å². The molecule has 29 heavy (non-hydrogen) atoms. The van der Waals surface area contributed by atoms with Gasteiger partial charge in [0, 0.05) is 60.6 Å². The van der Waals surface area contributed by atoms with Crippen LogP contribution in [0.3, 0.4) is 0 Å². The third-order valence-electron chi connectivity index (χ3n) is 4.90. The third kappa shape index (κ3) is 5.76. The fourth-order valence-corrected chi connectivity index (χ4v) is 4.12. The van der Waals surface area contributed by atoms with E-state index in [0.29, 0.717) is 12.6 Å². The Morgan fingerprint density at radius 2 is 2.00 bits per heavy atom. The number of thiazole rings is 1. The molecule has 3 rings (SSSR count). The lowest BCUT2D eigenvalue weighted by Gasteiger charge is -2.21. The molecule has 158 valence electrons. The predicted molar refractivity (Wildman–Crippen MR) is 120 cm³/mol. The first-order chi connectivity index (χ1) is 14.1. The highest BCUT2D eigenvalue weighted by Crippen LogP contribution is 2.30. The minimum Gasteiger partial charge on any atom is -0.497 e. The van der Waals surface area contributed by atoms with Crippen LogP contribution in [0.2, 0.25) is 0 Å². The van der Waals surface area contributed by atoms with Crippen LogP contribution in [0.1, 0.15) is 30.2 Å². The Labute approximate surface area is 177 Å². The highest BCUT2D eigenvalue weighted by atomic mass is 32.1. The molecule has 0 radical (unpaired) electrons. The van der Waals surface area contributed by atoms with Crippen LogP contribution < -0.4 is 25.0 Å². The van der Waals surface area contributed by atoms with Gasteiger partial charge in [0.25, 0.3) is 0 Å². The Morgan fingerprint density at radius 1 is 1.24 bits per heavy atom. The number of nitrogens with one attached hydrogen (secondary N) is 2. The second kappa shape index (κ2) is 10.3. The number of aryl methyl sites for hydroxylation is 1. The number of hydrogen-bond acceptors (Lipinski definition) is 6. The first kappa shape index (κ1) is 21.2.